The second kappa shape index (κ2) is 12.1. The number of amides is 1. The van der Waals surface area contributed by atoms with E-state index in [-0.39, 0.29) is 41.1 Å². The lowest BCUT2D eigenvalue weighted by molar-refractivity contribution is -0.384. The van der Waals surface area contributed by atoms with E-state index in [1.54, 1.807) is 12.4 Å². The van der Waals surface area contributed by atoms with Gasteiger partial charge in [-0.05, 0) is 31.0 Å². The van der Waals surface area contributed by atoms with Gasteiger partial charge in [0.1, 0.15) is 17.8 Å². The Bertz CT molecular complexity index is 1370. The predicted octanol–water partition coefficient (Wildman–Crippen LogP) is 2.57. The summed E-state index contributed by atoms with van der Waals surface area (Å²) in [6, 6.07) is 5.38. The first-order chi connectivity index (χ1) is 19.6. The number of β-lactam (4-membered cyclic amide) rings is 1. The van der Waals surface area contributed by atoms with Crippen LogP contribution in [0.2, 0.25) is 0 Å². The van der Waals surface area contributed by atoms with Crippen LogP contribution in [-0.4, -0.2) is 88.8 Å². The van der Waals surface area contributed by atoms with Gasteiger partial charge in [-0.3, -0.25) is 19.8 Å². The van der Waals surface area contributed by atoms with Crippen LogP contribution in [0.4, 0.5) is 5.69 Å². The number of non-ortho nitro benzene ring substituents is 1. The van der Waals surface area contributed by atoms with Crippen LogP contribution in [0.5, 0.6) is 0 Å². The summed E-state index contributed by atoms with van der Waals surface area (Å²) in [7, 11) is 0. The fourth-order valence-corrected chi connectivity index (χ4v) is 8.64. The number of carbonyl (C=O) groups is 3. The van der Waals surface area contributed by atoms with E-state index in [4.69, 9.17) is 4.74 Å². The van der Waals surface area contributed by atoms with Gasteiger partial charge in [0, 0.05) is 41.3 Å². The van der Waals surface area contributed by atoms with E-state index < -0.39 is 34.3 Å². The molecule has 2 unspecified atom stereocenters. The first kappa shape index (κ1) is 29.4. The molecule has 3 aliphatic rings. The number of carboxylic acid groups (broad SMARTS) is 1. The van der Waals surface area contributed by atoms with Crippen molar-refractivity contribution in [3.63, 3.8) is 0 Å². The van der Waals surface area contributed by atoms with Crippen LogP contribution < -0.4 is 0 Å². The number of hydrogen-bond acceptors (Lipinski definition) is 13. The Kier molecular flexibility index (Phi) is 8.65. The van der Waals surface area contributed by atoms with Crippen LogP contribution in [0.25, 0.3) is 0 Å². The van der Waals surface area contributed by atoms with Gasteiger partial charge >= 0.3 is 11.9 Å². The Morgan fingerprint density at radius 3 is 2.66 bits per heavy atom. The number of nitro groups is 1. The van der Waals surface area contributed by atoms with E-state index in [1.165, 1.54) is 64.0 Å². The average molecular weight is 622 g/mol. The number of likely N-dealkylation sites (tertiary alicyclic amines) is 1. The van der Waals surface area contributed by atoms with E-state index in [0.717, 1.165) is 0 Å². The van der Waals surface area contributed by atoms with Crippen LogP contribution in [0.3, 0.4) is 0 Å². The quantitative estimate of drug-likeness (QED) is 0.123. The van der Waals surface area contributed by atoms with Crippen molar-refractivity contribution in [3.8, 4) is 0 Å². The predicted molar refractivity (Wildman–Crippen MR) is 150 cm³/mol. The molecular formula is C25H27N5O8S3. The van der Waals surface area contributed by atoms with Gasteiger partial charge in [-0.1, -0.05) is 30.0 Å². The number of benzene rings is 1. The molecule has 1 amide bonds. The fraction of sp³-hybridized carbons (Fsp3) is 0.480. The molecule has 2 fully saturated rings. The number of aromatic nitrogens is 2. The van der Waals surface area contributed by atoms with Crippen molar-refractivity contribution >= 4 is 58.4 Å². The summed E-state index contributed by atoms with van der Waals surface area (Å²) in [5.74, 6) is -2.91. The Labute approximate surface area is 247 Å². The highest BCUT2D eigenvalue weighted by Gasteiger charge is 2.60. The second-order valence-electron chi connectivity index (χ2n) is 10.0. The lowest BCUT2D eigenvalue weighted by atomic mass is 9.79. The molecule has 2 saturated heterocycles. The monoisotopic (exact) mass is 621 g/mol. The second-order valence-corrected chi connectivity index (χ2v) is 13.5. The molecule has 1 aromatic carbocycles. The van der Waals surface area contributed by atoms with Gasteiger partial charge in [0.15, 0.2) is 9.71 Å². The van der Waals surface area contributed by atoms with Crippen LogP contribution in [0.1, 0.15) is 25.8 Å². The number of aliphatic carboxylic acids is 1. The van der Waals surface area contributed by atoms with Crippen molar-refractivity contribution in [1.82, 2.24) is 20.0 Å². The molecule has 0 saturated carbocycles. The van der Waals surface area contributed by atoms with Gasteiger partial charge in [0.05, 0.1) is 23.0 Å². The number of rotatable bonds is 11. The van der Waals surface area contributed by atoms with Crippen molar-refractivity contribution in [3.05, 3.63) is 56.1 Å². The first-order valence-corrected chi connectivity index (χ1v) is 15.4. The third kappa shape index (κ3) is 5.83. The summed E-state index contributed by atoms with van der Waals surface area (Å²) < 4.78 is 6.18. The maximum Gasteiger partial charge on any atom is 0.353 e. The maximum atomic E-state index is 13.3. The highest BCUT2D eigenvalue weighted by molar-refractivity contribution is 8.03. The van der Waals surface area contributed by atoms with Crippen LogP contribution >= 0.6 is 34.9 Å². The van der Waals surface area contributed by atoms with Gasteiger partial charge in [-0.2, -0.15) is 0 Å². The first-order valence-electron chi connectivity index (χ1n) is 12.8. The standard InChI is InChI=1S/C25H27N5O8S3/c1-12-18-17(13(2)31)21(32)29(18)19(23(33)34)20(12)40-16-7-8-28(9-16)22(41-25-27-26-11-39-25)24(35)38-10-14-3-5-15(6-4-14)30(36)37/h3-6,11-13,16-18,22,31H,7-10H2,1-2H3,(H,33,34)/t12-,13-,16?,17-,18-,22?/m1/s1. The molecule has 3 aliphatic heterocycles. The molecule has 16 heteroatoms. The average Bonchev–Trinajstić information content (AvgIpc) is 3.66. The van der Waals surface area contributed by atoms with Gasteiger partial charge in [-0.25, -0.2) is 9.59 Å². The van der Waals surface area contributed by atoms with Crippen molar-refractivity contribution in [1.29, 1.82) is 0 Å². The molecule has 2 aromatic rings. The van der Waals surface area contributed by atoms with Crippen molar-refractivity contribution in [2.45, 2.75) is 54.0 Å². The molecule has 0 bridgehead atoms. The molecule has 5 rings (SSSR count). The van der Waals surface area contributed by atoms with E-state index in [0.29, 0.717) is 34.3 Å². The Morgan fingerprint density at radius 1 is 1.32 bits per heavy atom. The maximum absolute atomic E-state index is 13.3. The SMILES string of the molecule is C[C@@H](O)[C@H]1C(=O)N2C(C(=O)O)=C(SC3CCN(C(Sc4nncs4)C(=O)OCc4ccc([N+](=O)[O-])cc4)C3)[C@H](C)[C@H]12. The molecule has 6 atom stereocenters. The van der Waals surface area contributed by atoms with Crippen molar-refractivity contribution < 1.29 is 34.3 Å². The van der Waals surface area contributed by atoms with E-state index in [1.807, 2.05) is 11.8 Å². The zero-order valence-corrected chi connectivity index (χ0v) is 24.4. The smallest absolute Gasteiger partial charge is 0.353 e. The Hall–Kier alpha value is -3.05. The minimum atomic E-state index is -1.17. The van der Waals surface area contributed by atoms with Crippen LogP contribution in [0.15, 0.2) is 44.7 Å². The summed E-state index contributed by atoms with van der Waals surface area (Å²) in [4.78, 5) is 52.4. The number of thioether (sulfide) groups is 2. The highest BCUT2D eigenvalue weighted by Crippen LogP contribution is 2.52. The molecule has 2 N–H and O–H groups in total. The Morgan fingerprint density at radius 2 is 2.05 bits per heavy atom. The summed E-state index contributed by atoms with van der Waals surface area (Å²) >= 11 is 3.93. The minimum Gasteiger partial charge on any atom is -0.477 e. The molecule has 13 nitrogen and oxygen atoms in total. The van der Waals surface area contributed by atoms with Crippen LogP contribution in [0, 0.1) is 22.0 Å². The lowest BCUT2D eigenvalue weighted by Crippen LogP contribution is -2.63. The number of aliphatic hydroxyl groups is 1. The molecule has 41 heavy (non-hydrogen) atoms. The molecule has 218 valence electrons. The zero-order valence-electron chi connectivity index (χ0n) is 22.0. The molecular weight excluding hydrogens is 595 g/mol. The van der Waals surface area contributed by atoms with Crippen LogP contribution in [-0.2, 0) is 25.7 Å². The Balaban J connectivity index is 1.28. The summed E-state index contributed by atoms with van der Waals surface area (Å²) in [5.41, 5.74) is 2.10. The van der Waals surface area contributed by atoms with Gasteiger partial charge in [0.25, 0.3) is 5.69 Å². The van der Waals surface area contributed by atoms with Crippen molar-refractivity contribution in [2.24, 2.45) is 11.8 Å². The van der Waals surface area contributed by atoms with E-state index >= 15 is 0 Å². The number of aliphatic hydroxyl groups excluding tert-OH is 1. The van der Waals surface area contributed by atoms with E-state index in [9.17, 15) is 34.7 Å². The fourth-order valence-electron chi connectivity index (χ4n) is 5.44. The number of ether oxygens (including phenoxy) is 1. The van der Waals surface area contributed by atoms with Crippen molar-refractivity contribution in [2.75, 3.05) is 13.1 Å². The third-order valence-corrected chi connectivity index (χ3v) is 11.0. The third-order valence-electron chi connectivity index (χ3n) is 7.40. The number of hydrogen-bond donors (Lipinski definition) is 2. The molecule has 0 spiro atoms. The molecule has 0 aliphatic carbocycles. The normalized spacial score (nSPS) is 25.5. The number of nitrogens with zero attached hydrogens (tertiary/aromatic N) is 5. The van der Waals surface area contributed by atoms with E-state index in [2.05, 4.69) is 10.2 Å². The molecule has 4 heterocycles. The van der Waals surface area contributed by atoms with Gasteiger partial charge in [0.2, 0.25) is 5.91 Å². The summed E-state index contributed by atoms with van der Waals surface area (Å²) in [6.45, 7) is 4.39. The molecule has 1 aromatic heterocycles. The lowest BCUT2D eigenvalue weighted by Gasteiger charge is -2.46. The number of carbonyl (C=O) groups excluding carboxylic acids is 2. The minimum absolute atomic E-state index is 0.0184. The van der Waals surface area contributed by atoms with Gasteiger partial charge < -0.3 is 19.8 Å². The number of carboxylic acids is 1. The zero-order chi connectivity index (χ0) is 29.4. The summed E-state index contributed by atoms with van der Waals surface area (Å²) in [5, 5.41) is 38.1. The largest absolute Gasteiger partial charge is 0.477 e. The number of nitro benzene ring substituents is 1. The highest BCUT2D eigenvalue weighted by atomic mass is 32.2. The number of fused-ring (bicyclic) bond motifs is 1. The number of esters is 1. The molecule has 0 radical (unpaired) electrons. The topological polar surface area (TPSA) is 176 Å². The van der Waals surface area contributed by atoms with Gasteiger partial charge in [-0.15, -0.1) is 22.0 Å². The summed E-state index contributed by atoms with van der Waals surface area (Å²) in [6.07, 6.45) is -0.197.